The number of aryl methyl sites for hydroxylation is 2. The second kappa shape index (κ2) is 6.10. The molecule has 2 N–H and O–H groups in total. The molecule has 0 radical (unpaired) electrons. The van der Waals surface area contributed by atoms with Gasteiger partial charge in [-0.3, -0.25) is 5.01 Å². The van der Waals surface area contributed by atoms with Crippen LogP contribution >= 0.6 is 12.2 Å². The van der Waals surface area contributed by atoms with Gasteiger partial charge in [0.15, 0.2) is 5.11 Å². The Kier molecular flexibility index (Phi) is 4.66. The average Bonchev–Trinajstić information content (AvgIpc) is 2.69. The molecular formula is C16H25N3S. The van der Waals surface area contributed by atoms with E-state index in [-0.39, 0.29) is 5.66 Å². The standard InChI is InChI=1S/C16H25N3S/c1-5-6-7-10-16(4)17-15(20)19(18-16)14-9-8-12(2)13(3)11-14/h8-9,11,18H,5-7,10H2,1-4H3,(H,17,20). The fourth-order valence-electron chi connectivity index (χ4n) is 2.51. The van der Waals surface area contributed by atoms with Crippen LogP contribution in [0.2, 0.25) is 0 Å². The SMILES string of the molecule is CCCCCC1(C)NC(=S)N(c2ccc(C)c(C)c2)N1. The number of nitrogens with one attached hydrogen (secondary N) is 2. The van der Waals surface area contributed by atoms with Crippen molar-refractivity contribution in [2.24, 2.45) is 0 Å². The van der Waals surface area contributed by atoms with Crippen molar-refractivity contribution in [3.8, 4) is 0 Å². The maximum atomic E-state index is 5.48. The van der Waals surface area contributed by atoms with Crippen molar-refractivity contribution in [2.45, 2.75) is 59.0 Å². The summed E-state index contributed by atoms with van der Waals surface area (Å²) in [4.78, 5) is 0. The molecule has 3 nitrogen and oxygen atoms in total. The summed E-state index contributed by atoms with van der Waals surface area (Å²) in [5.74, 6) is 0. The molecule has 1 atom stereocenters. The van der Waals surface area contributed by atoms with E-state index in [1.165, 1.54) is 30.4 Å². The fourth-order valence-corrected chi connectivity index (χ4v) is 2.89. The zero-order valence-electron chi connectivity index (χ0n) is 12.9. The molecule has 1 aromatic carbocycles. The van der Waals surface area contributed by atoms with Gasteiger partial charge in [0.2, 0.25) is 0 Å². The summed E-state index contributed by atoms with van der Waals surface area (Å²) in [5, 5.41) is 6.17. The largest absolute Gasteiger partial charge is 0.342 e. The van der Waals surface area contributed by atoms with E-state index in [2.05, 4.69) is 56.6 Å². The van der Waals surface area contributed by atoms with Crippen LogP contribution in [-0.2, 0) is 0 Å². The van der Waals surface area contributed by atoms with Crippen LogP contribution in [0.25, 0.3) is 0 Å². The van der Waals surface area contributed by atoms with Gasteiger partial charge < -0.3 is 5.32 Å². The van der Waals surface area contributed by atoms with Gasteiger partial charge in [0.05, 0.1) is 5.69 Å². The Morgan fingerprint density at radius 3 is 2.60 bits per heavy atom. The van der Waals surface area contributed by atoms with Gasteiger partial charge in [0, 0.05) is 0 Å². The first kappa shape index (κ1) is 15.3. The molecule has 1 aromatic rings. The highest BCUT2D eigenvalue weighted by atomic mass is 32.1. The Balaban J connectivity index is 2.10. The zero-order valence-corrected chi connectivity index (χ0v) is 13.7. The lowest BCUT2D eigenvalue weighted by molar-refractivity contribution is 0.334. The summed E-state index contributed by atoms with van der Waals surface area (Å²) in [5.41, 5.74) is 7.08. The Hall–Kier alpha value is -1.13. The summed E-state index contributed by atoms with van der Waals surface area (Å²) >= 11 is 5.48. The van der Waals surface area contributed by atoms with Crippen LogP contribution in [0.3, 0.4) is 0 Å². The second-order valence-electron chi connectivity index (χ2n) is 5.94. The summed E-state index contributed by atoms with van der Waals surface area (Å²) < 4.78 is 0. The molecule has 0 saturated carbocycles. The number of hydrogen-bond acceptors (Lipinski definition) is 2. The highest BCUT2D eigenvalue weighted by Gasteiger charge is 2.35. The Labute approximate surface area is 127 Å². The number of anilines is 1. The van der Waals surface area contributed by atoms with Gasteiger partial charge in [-0.25, -0.2) is 5.43 Å². The first-order chi connectivity index (χ1) is 9.45. The first-order valence-electron chi connectivity index (χ1n) is 7.42. The van der Waals surface area contributed by atoms with E-state index in [9.17, 15) is 0 Å². The molecule has 1 heterocycles. The molecule has 4 heteroatoms. The average molecular weight is 291 g/mol. The number of thiocarbonyl (C=S) groups is 1. The molecule has 110 valence electrons. The number of unbranched alkanes of at least 4 members (excludes halogenated alkanes) is 2. The third-order valence-corrected chi connectivity index (χ3v) is 4.26. The molecule has 1 unspecified atom stereocenters. The smallest absolute Gasteiger partial charge is 0.189 e. The molecule has 1 aliphatic heterocycles. The van der Waals surface area contributed by atoms with Crippen molar-refractivity contribution < 1.29 is 0 Å². The van der Waals surface area contributed by atoms with E-state index in [4.69, 9.17) is 12.2 Å². The monoisotopic (exact) mass is 291 g/mol. The van der Waals surface area contributed by atoms with Crippen LogP contribution in [0.1, 0.15) is 50.7 Å². The number of rotatable bonds is 5. The first-order valence-corrected chi connectivity index (χ1v) is 7.83. The van der Waals surface area contributed by atoms with Gasteiger partial charge >= 0.3 is 0 Å². The van der Waals surface area contributed by atoms with E-state index in [1.54, 1.807) is 0 Å². The Morgan fingerprint density at radius 2 is 1.95 bits per heavy atom. The van der Waals surface area contributed by atoms with Crippen LogP contribution < -0.4 is 15.8 Å². The van der Waals surface area contributed by atoms with Crippen molar-refractivity contribution >= 4 is 23.0 Å². The summed E-state index contributed by atoms with van der Waals surface area (Å²) in [6.45, 7) is 8.66. The van der Waals surface area contributed by atoms with Crippen molar-refractivity contribution in [3.05, 3.63) is 29.3 Å². The van der Waals surface area contributed by atoms with Crippen molar-refractivity contribution in [1.29, 1.82) is 0 Å². The maximum absolute atomic E-state index is 5.48. The van der Waals surface area contributed by atoms with E-state index in [0.717, 1.165) is 17.2 Å². The van der Waals surface area contributed by atoms with Gasteiger partial charge in [0.25, 0.3) is 0 Å². The fraction of sp³-hybridized carbons (Fsp3) is 0.562. The van der Waals surface area contributed by atoms with Gasteiger partial charge in [-0.15, -0.1) is 0 Å². The molecule has 1 fully saturated rings. The van der Waals surface area contributed by atoms with Crippen LogP contribution in [0, 0.1) is 13.8 Å². The molecule has 1 aliphatic rings. The lowest BCUT2D eigenvalue weighted by Crippen LogP contribution is -2.48. The van der Waals surface area contributed by atoms with Gasteiger partial charge in [-0.2, -0.15) is 0 Å². The van der Waals surface area contributed by atoms with Gasteiger partial charge in [-0.1, -0.05) is 25.8 Å². The molecule has 0 bridgehead atoms. The Morgan fingerprint density at radius 1 is 1.20 bits per heavy atom. The highest BCUT2D eigenvalue weighted by Crippen LogP contribution is 2.24. The van der Waals surface area contributed by atoms with E-state index < -0.39 is 0 Å². The number of nitrogens with zero attached hydrogens (tertiary/aromatic N) is 1. The summed E-state index contributed by atoms with van der Waals surface area (Å²) in [6.07, 6.45) is 4.77. The maximum Gasteiger partial charge on any atom is 0.189 e. The summed E-state index contributed by atoms with van der Waals surface area (Å²) in [6, 6.07) is 6.43. The predicted octanol–water partition coefficient (Wildman–Crippen LogP) is 3.80. The number of benzene rings is 1. The third kappa shape index (κ3) is 3.30. The molecular weight excluding hydrogens is 266 g/mol. The van der Waals surface area contributed by atoms with Crippen molar-refractivity contribution in [1.82, 2.24) is 10.7 Å². The van der Waals surface area contributed by atoms with Crippen LogP contribution in [0.15, 0.2) is 18.2 Å². The second-order valence-corrected chi connectivity index (χ2v) is 6.32. The van der Waals surface area contributed by atoms with E-state index in [1.807, 2.05) is 5.01 Å². The van der Waals surface area contributed by atoms with Gasteiger partial charge in [-0.05, 0) is 69.1 Å². The van der Waals surface area contributed by atoms with Crippen LogP contribution in [-0.4, -0.2) is 10.8 Å². The summed E-state index contributed by atoms with van der Waals surface area (Å²) in [7, 11) is 0. The minimum atomic E-state index is -0.134. The molecule has 0 aliphatic carbocycles. The Bertz CT molecular complexity index is 500. The van der Waals surface area contributed by atoms with E-state index in [0.29, 0.717) is 0 Å². The van der Waals surface area contributed by atoms with E-state index >= 15 is 0 Å². The number of hydrogen-bond donors (Lipinski definition) is 2. The third-order valence-electron chi connectivity index (χ3n) is 3.97. The molecule has 0 amide bonds. The minimum Gasteiger partial charge on any atom is -0.342 e. The zero-order chi connectivity index (χ0) is 14.8. The molecule has 2 rings (SSSR count). The highest BCUT2D eigenvalue weighted by molar-refractivity contribution is 7.80. The quantitative estimate of drug-likeness (QED) is 0.637. The van der Waals surface area contributed by atoms with Crippen LogP contribution in [0.5, 0.6) is 0 Å². The molecule has 0 spiro atoms. The van der Waals surface area contributed by atoms with Gasteiger partial charge in [0.1, 0.15) is 5.66 Å². The molecule has 20 heavy (non-hydrogen) atoms. The molecule has 0 aromatic heterocycles. The lowest BCUT2D eigenvalue weighted by atomic mass is 10.1. The lowest BCUT2D eigenvalue weighted by Gasteiger charge is -2.25. The van der Waals surface area contributed by atoms with Crippen LogP contribution in [0.4, 0.5) is 5.69 Å². The predicted molar refractivity (Wildman–Crippen MR) is 89.8 cm³/mol. The number of hydrazine groups is 1. The van der Waals surface area contributed by atoms with Crippen molar-refractivity contribution in [2.75, 3.05) is 5.01 Å². The molecule has 1 saturated heterocycles. The van der Waals surface area contributed by atoms with Crippen molar-refractivity contribution in [3.63, 3.8) is 0 Å². The minimum absolute atomic E-state index is 0.134. The normalized spacial score (nSPS) is 22.2. The topological polar surface area (TPSA) is 27.3 Å².